The van der Waals surface area contributed by atoms with Crippen LogP contribution in [0.1, 0.15) is 26.7 Å². The molecule has 0 aliphatic heterocycles. The van der Waals surface area contributed by atoms with Crippen molar-refractivity contribution in [2.45, 2.75) is 26.7 Å². The molecule has 0 bridgehead atoms. The van der Waals surface area contributed by atoms with Crippen LogP contribution in [0.2, 0.25) is 0 Å². The highest BCUT2D eigenvalue weighted by atomic mass is 16.3. The lowest BCUT2D eigenvalue weighted by Crippen LogP contribution is -2.23. The minimum atomic E-state index is 0.117. The third-order valence-corrected chi connectivity index (χ3v) is 2.16. The van der Waals surface area contributed by atoms with Crippen LogP contribution in [0.25, 0.3) is 0 Å². The van der Waals surface area contributed by atoms with Gasteiger partial charge in [0.25, 0.3) is 0 Å². The van der Waals surface area contributed by atoms with Crippen LogP contribution >= 0.6 is 0 Å². The third-order valence-electron chi connectivity index (χ3n) is 2.16. The van der Waals surface area contributed by atoms with Gasteiger partial charge in [0.15, 0.2) is 5.75 Å². The molecule has 0 saturated heterocycles. The van der Waals surface area contributed by atoms with Crippen LogP contribution in [-0.4, -0.2) is 34.4 Å². The number of aromatic nitrogens is 1. The molecule has 0 aliphatic rings. The molecule has 1 rings (SSSR count). The monoisotopic (exact) mass is 221 g/mol. The lowest BCUT2D eigenvalue weighted by molar-refractivity contribution is 0.428. The summed E-state index contributed by atoms with van der Waals surface area (Å²) in [4.78, 5) is 10.2. The maximum atomic E-state index is 9.49. The largest absolute Gasteiger partial charge is 0.504 e. The molecular formula is C12H19N3O. The van der Waals surface area contributed by atoms with Gasteiger partial charge in [-0.05, 0) is 18.9 Å². The zero-order valence-electron chi connectivity index (χ0n) is 9.93. The highest BCUT2D eigenvalue weighted by Gasteiger charge is 1.99. The molecule has 16 heavy (non-hydrogen) atoms. The summed E-state index contributed by atoms with van der Waals surface area (Å²) in [6.45, 7) is 6.26. The van der Waals surface area contributed by atoms with Gasteiger partial charge in [0.05, 0.1) is 12.5 Å². The molecule has 0 spiro atoms. The van der Waals surface area contributed by atoms with Gasteiger partial charge >= 0.3 is 0 Å². The predicted molar refractivity (Wildman–Crippen MR) is 66.2 cm³/mol. The van der Waals surface area contributed by atoms with Crippen molar-refractivity contribution in [3.8, 4) is 5.75 Å². The average molecular weight is 221 g/mol. The maximum absolute atomic E-state index is 9.49. The van der Waals surface area contributed by atoms with Gasteiger partial charge in [-0.25, -0.2) is 4.99 Å². The molecule has 0 saturated carbocycles. The van der Waals surface area contributed by atoms with E-state index in [4.69, 9.17) is 0 Å². The molecule has 4 nitrogen and oxygen atoms in total. The fourth-order valence-electron chi connectivity index (χ4n) is 1.43. The average Bonchev–Trinajstić information content (AvgIpc) is 2.28. The van der Waals surface area contributed by atoms with E-state index in [0.717, 1.165) is 25.9 Å². The van der Waals surface area contributed by atoms with Gasteiger partial charge in [0.1, 0.15) is 5.69 Å². The van der Waals surface area contributed by atoms with Crippen molar-refractivity contribution >= 4 is 12.0 Å². The number of aliphatic imine (C=N–C) groups is 1. The third kappa shape index (κ3) is 3.88. The molecule has 4 heteroatoms. The van der Waals surface area contributed by atoms with Crippen molar-refractivity contribution in [3.63, 3.8) is 0 Å². The van der Waals surface area contributed by atoms with E-state index in [2.05, 4.69) is 28.7 Å². The first-order chi connectivity index (χ1) is 7.77. The fraction of sp³-hybridized carbons (Fsp3) is 0.500. The Balaban J connectivity index is 2.66. The first kappa shape index (κ1) is 12.5. The zero-order valence-corrected chi connectivity index (χ0v) is 9.93. The van der Waals surface area contributed by atoms with E-state index in [1.165, 1.54) is 6.20 Å². The van der Waals surface area contributed by atoms with Crippen molar-refractivity contribution in [1.82, 2.24) is 9.88 Å². The van der Waals surface area contributed by atoms with Crippen LogP contribution < -0.4 is 0 Å². The lowest BCUT2D eigenvalue weighted by atomic mass is 10.4. The SMILES string of the molecule is CCCN(/C=N/c1ccncc1O)CCC. The minimum absolute atomic E-state index is 0.117. The summed E-state index contributed by atoms with van der Waals surface area (Å²) >= 11 is 0. The molecule has 0 amide bonds. The summed E-state index contributed by atoms with van der Waals surface area (Å²) < 4.78 is 0. The van der Waals surface area contributed by atoms with Gasteiger partial charge in [-0.2, -0.15) is 0 Å². The maximum Gasteiger partial charge on any atom is 0.159 e. The molecule has 1 aromatic rings. The fourth-order valence-corrected chi connectivity index (χ4v) is 1.43. The molecule has 0 aliphatic carbocycles. The molecule has 1 aromatic heterocycles. The second kappa shape index (κ2) is 6.82. The number of nitrogens with zero attached hydrogens (tertiary/aromatic N) is 3. The second-order valence-electron chi connectivity index (χ2n) is 3.64. The molecule has 1 heterocycles. The summed E-state index contributed by atoms with van der Waals surface area (Å²) in [5.41, 5.74) is 0.562. The van der Waals surface area contributed by atoms with Crippen LogP contribution in [-0.2, 0) is 0 Å². The van der Waals surface area contributed by atoms with Gasteiger partial charge in [0, 0.05) is 19.3 Å². The zero-order chi connectivity index (χ0) is 11.8. The molecular weight excluding hydrogens is 202 g/mol. The molecule has 0 aromatic carbocycles. The Morgan fingerprint density at radius 3 is 2.62 bits per heavy atom. The van der Waals surface area contributed by atoms with E-state index in [-0.39, 0.29) is 5.75 Å². The summed E-state index contributed by atoms with van der Waals surface area (Å²) in [6, 6.07) is 1.70. The van der Waals surface area contributed by atoms with Crippen LogP contribution in [0.5, 0.6) is 5.75 Å². The Kier molecular flexibility index (Phi) is 5.32. The van der Waals surface area contributed by atoms with Crippen LogP contribution in [0, 0.1) is 0 Å². The van der Waals surface area contributed by atoms with Crippen molar-refractivity contribution in [3.05, 3.63) is 18.5 Å². The molecule has 0 unspecified atom stereocenters. The van der Waals surface area contributed by atoms with E-state index in [1.807, 2.05) is 0 Å². The summed E-state index contributed by atoms with van der Waals surface area (Å²) in [5, 5.41) is 9.49. The number of aromatic hydroxyl groups is 1. The lowest BCUT2D eigenvalue weighted by Gasteiger charge is -2.17. The van der Waals surface area contributed by atoms with E-state index in [0.29, 0.717) is 5.69 Å². The van der Waals surface area contributed by atoms with Crippen LogP contribution in [0.4, 0.5) is 5.69 Å². The van der Waals surface area contributed by atoms with Gasteiger partial charge in [0.2, 0.25) is 0 Å². The molecule has 0 radical (unpaired) electrons. The number of pyridine rings is 1. The smallest absolute Gasteiger partial charge is 0.159 e. The van der Waals surface area contributed by atoms with Crippen molar-refractivity contribution in [1.29, 1.82) is 0 Å². The first-order valence-electron chi connectivity index (χ1n) is 5.69. The normalized spacial score (nSPS) is 10.9. The number of hydrogen-bond acceptors (Lipinski definition) is 3. The topological polar surface area (TPSA) is 48.7 Å². The molecule has 0 fully saturated rings. The van der Waals surface area contributed by atoms with Gasteiger partial charge < -0.3 is 10.0 Å². The van der Waals surface area contributed by atoms with E-state index in [1.54, 1.807) is 18.6 Å². The Hall–Kier alpha value is -1.58. The Bertz CT molecular complexity index is 333. The Labute approximate surface area is 96.7 Å². The van der Waals surface area contributed by atoms with Gasteiger partial charge in [-0.15, -0.1) is 0 Å². The minimum Gasteiger partial charge on any atom is -0.504 e. The van der Waals surface area contributed by atoms with E-state index < -0.39 is 0 Å². The molecule has 1 N–H and O–H groups in total. The quantitative estimate of drug-likeness (QED) is 0.593. The van der Waals surface area contributed by atoms with E-state index >= 15 is 0 Å². The standard InChI is InChI=1S/C12H19N3O/c1-3-7-15(8-4-2)10-14-11-5-6-13-9-12(11)16/h5-6,9-10,16H,3-4,7-8H2,1-2H3/b14-10+. The first-order valence-corrected chi connectivity index (χ1v) is 5.69. The van der Waals surface area contributed by atoms with Crippen molar-refractivity contribution < 1.29 is 5.11 Å². The number of rotatable bonds is 6. The van der Waals surface area contributed by atoms with Gasteiger partial charge in [-0.3, -0.25) is 4.98 Å². The van der Waals surface area contributed by atoms with Crippen molar-refractivity contribution in [2.75, 3.05) is 13.1 Å². The molecule has 88 valence electrons. The Morgan fingerprint density at radius 1 is 1.38 bits per heavy atom. The predicted octanol–water partition coefficient (Wildman–Crippen LogP) is 2.57. The second-order valence-corrected chi connectivity index (χ2v) is 3.64. The highest BCUT2D eigenvalue weighted by Crippen LogP contribution is 2.23. The summed E-state index contributed by atoms with van der Waals surface area (Å²) in [6.07, 6.45) is 7.00. The van der Waals surface area contributed by atoms with Gasteiger partial charge in [-0.1, -0.05) is 13.8 Å². The molecule has 0 atom stereocenters. The van der Waals surface area contributed by atoms with Crippen LogP contribution in [0.15, 0.2) is 23.5 Å². The summed E-state index contributed by atoms with van der Waals surface area (Å²) in [5.74, 6) is 0.117. The highest BCUT2D eigenvalue weighted by molar-refractivity contribution is 5.64. The number of hydrogen-bond donors (Lipinski definition) is 1. The van der Waals surface area contributed by atoms with E-state index in [9.17, 15) is 5.11 Å². The Morgan fingerprint density at radius 2 is 2.06 bits per heavy atom. The summed E-state index contributed by atoms with van der Waals surface area (Å²) in [7, 11) is 0. The van der Waals surface area contributed by atoms with Crippen LogP contribution in [0.3, 0.4) is 0 Å². The van der Waals surface area contributed by atoms with Crippen molar-refractivity contribution in [2.24, 2.45) is 4.99 Å².